The molecule has 1 saturated heterocycles. The largest absolute Gasteiger partial charge is 0.346 e. The number of benzene rings is 1. The summed E-state index contributed by atoms with van der Waals surface area (Å²) in [4.78, 5) is 37.8. The topological polar surface area (TPSA) is 97.4 Å². The van der Waals surface area contributed by atoms with Crippen LogP contribution in [0, 0.1) is 0 Å². The molecule has 4 rings (SSSR count). The zero-order valence-electron chi connectivity index (χ0n) is 13.3. The Morgan fingerprint density at radius 1 is 1.29 bits per heavy atom. The molecule has 0 bridgehead atoms. The average molecular weight is 326 g/mol. The number of aromatic nitrogens is 1. The van der Waals surface area contributed by atoms with E-state index < -0.39 is 6.04 Å². The van der Waals surface area contributed by atoms with Crippen LogP contribution >= 0.6 is 0 Å². The van der Waals surface area contributed by atoms with E-state index in [4.69, 9.17) is 5.73 Å². The maximum absolute atomic E-state index is 12.8. The van der Waals surface area contributed by atoms with Gasteiger partial charge < -0.3 is 15.2 Å². The first kappa shape index (κ1) is 14.9. The first-order valence-electron chi connectivity index (χ1n) is 7.96. The first-order valence-corrected chi connectivity index (χ1v) is 7.96. The molecule has 3 N–H and O–H groups in total. The van der Waals surface area contributed by atoms with Crippen molar-refractivity contribution in [2.75, 3.05) is 0 Å². The number of aryl methyl sites for hydroxylation is 1. The molecule has 2 aliphatic rings. The summed E-state index contributed by atoms with van der Waals surface area (Å²) in [5.74, 6) is -0.822. The van der Waals surface area contributed by atoms with Crippen LogP contribution in [0.1, 0.15) is 34.5 Å². The van der Waals surface area contributed by atoms with Gasteiger partial charge in [-0.1, -0.05) is 0 Å². The van der Waals surface area contributed by atoms with Crippen LogP contribution in [-0.4, -0.2) is 33.2 Å². The second kappa shape index (κ2) is 5.17. The number of carbonyl (C=O) groups excluding carboxylic acids is 3. The van der Waals surface area contributed by atoms with Gasteiger partial charge in [0.05, 0.1) is 0 Å². The Balaban J connectivity index is 1.75. The molecular weight excluding hydrogens is 308 g/mol. The number of piperidine rings is 1. The molecule has 0 radical (unpaired) electrons. The number of hydrogen-bond acceptors (Lipinski definition) is 4. The van der Waals surface area contributed by atoms with Gasteiger partial charge in [0.1, 0.15) is 6.04 Å². The number of fused-ring (bicyclic) bond motifs is 3. The molecule has 3 heterocycles. The predicted octanol–water partition coefficient (Wildman–Crippen LogP) is 0.398. The fraction of sp³-hybridized carbons (Fsp3) is 0.353. The van der Waals surface area contributed by atoms with E-state index in [9.17, 15) is 14.4 Å². The summed E-state index contributed by atoms with van der Waals surface area (Å²) in [5, 5.41) is 3.32. The summed E-state index contributed by atoms with van der Waals surface area (Å²) >= 11 is 0. The van der Waals surface area contributed by atoms with Crippen LogP contribution < -0.4 is 11.1 Å². The third kappa shape index (κ3) is 1.98. The van der Waals surface area contributed by atoms with Gasteiger partial charge >= 0.3 is 0 Å². The van der Waals surface area contributed by atoms with Crippen molar-refractivity contribution in [3.8, 4) is 0 Å². The SMILES string of the molecule is Cn1c(CN)cc2c3c(ccc21)C(=O)N(C1CCC(=O)NC1=O)C3. The van der Waals surface area contributed by atoms with Crippen molar-refractivity contribution in [3.05, 3.63) is 35.0 Å². The highest BCUT2D eigenvalue weighted by atomic mass is 16.2. The summed E-state index contributed by atoms with van der Waals surface area (Å²) < 4.78 is 2.02. The maximum Gasteiger partial charge on any atom is 0.255 e. The Bertz CT molecular complexity index is 899. The number of nitrogens with zero attached hydrogens (tertiary/aromatic N) is 2. The van der Waals surface area contributed by atoms with E-state index in [0.717, 1.165) is 22.2 Å². The maximum atomic E-state index is 12.8. The summed E-state index contributed by atoms with van der Waals surface area (Å²) in [6, 6.07) is 5.15. The monoisotopic (exact) mass is 326 g/mol. The molecule has 2 aliphatic heterocycles. The fourth-order valence-electron chi connectivity index (χ4n) is 3.72. The highest BCUT2D eigenvalue weighted by molar-refractivity contribution is 6.08. The molecule has 3 amide bonds. The second-order valence-corrected chi connectivity index (χ2v) is 6.32. The molecule has 1 aromatic heterocycles. The Kier molecular flexibility index (Phi) is 3.21. The Hall–Kier alpha value is -2.67. The highest BCUT2D eigenvalue weighted by Crippen LogP contribution is 2.34. The standard InChI is InChI=1S/C17H18N4O3/c1-20-9(7-18)6-11-12-8-21(14-4-5-15(22)19-16(14)23)17(24)10(12)2-3-13(11)20/h2-3,6,14H,4-5,7-8,18H2,1H3,(H,19,22,23). The van der Waals surface area contributed by atoms with Gasteiger partial charge in [-0.15, -0.1) is 0 Å². The van der Waals surface area contributed by atoms with Crippen LogP contribution in [0.15, 0.2) is 18.2 Å². The summed E-state index contributed by atoms with van der Waals surface area (Å²) in [5.41, 5.74) is 9.35. The van der Waals surface area contributed by atoms with Crippen LogP contribution in [0.25, 0.3) is 10.9 Å². The normalized spacial score (nSPS) is 20.7. The van der Waals surface area contributed by atoms with E-state index in [1.165, 1.54) is 0 Å². The molecule has 7 heteroatoms. The quantitative estimate of drug-likeness (QED) is 0.781. The highest BCUT2D eigenvalue weighted by Gasteiger charge is 2.39. The minimum atomic E-state index is -0.588. The molecule has 1 atom stereocenters. The number of nitrogens with one attached hydrogen (secondary N) is 1. The summed E-state index contributed by atoms with van der Waals surface area (Å²) in [6.07, 6.45) is 0.630. The van der Waals surface area contributed by atoms with Crippen LogP contribution in [0.4, 0.5) is 0 Å². The summed E-state index contributed by atoms with van der Waals surface area (Å²) in [6.45, 7) is 0.802. The molecule has 0 spiro atoms. The van der Waals surface area contributed by atoms with Crippen LogP contribution in [0.2, 0.25) is 0 Å². The van der Waals surface area contributed by atoms with Crippen LogP contribution in [-0.2, 0) is 29.7 Å². The molecule has 1 aromatic carbocycles. The predicted molar refractivity (Wildman–Crippen MR) is 86.9 cm³/mol. The van der Waals surface area contributed by atoms with E-state index in [2.05, 4.69) is 5.32 Å². The van der Waals surface area contributed by atoms with Crippen molar-refractivity contribution in [1.82, 2.24) is 14.8 Å². The van der Waals surface area contributed by atoms with Crippen LogP contribution in [0.5, 0.6) is 0 Å². The zero-order chi connectivity index (χ0) is 17.0. The van der Waals surface area contributed by atoms with E-state index >= 15 is 0 Å². The number of hydrogen-bond donors (Lipinski definition) is 2. The van der Waals surface area contributed by atoms with Crippen molar-refractivity contribution in [3.63, 3.8) is 0 Å². The number of carbonyl (C=O) groups is 3. The van der Waals surface area contributed by atoms with E-state index in [1.54, 1.807) is 4.90 Å². The van der Waals surface area contributed by atoms with Gasteiger partial charge in [-0.2, -0.15) is 0 Å². The Labute approximate surface area is 138 Å². The molecule has 7 nitrogen and oxygen atoms in total. The van der Waals surface area contributed by atoms with Crippen molar-refractivity contribution in [2.45, 2.75) is 32.0 Å². The lowest BCUT2D eigenvalue weighted by Crippen LogP contribution is -2.52. The smallest absolute Gasteiger partial charge is 0.255 e. The van der Waals surface area contributed by atoms with Crippen molar-refractivity contribution < 1.29 is 14.4 Å². The molecule has 2 aromatic rings. The summed E-state index contributed by atoms with van der Waals surface area (Å²) in [7, 11) is 1.95. The first-order chi connectivity index (χ1) is 11.5. The molecular formula is C17H18N4O3. The minimum Gasteiger partial charge on any atom is -0.346 e. The van der Waals surface area contributed by atoms with E-state index in [-0.39, 0.29) is 24.1 Å². The molecule has 0 aliphatic carbocycles. The van der Waals surface area contributed by atoms with Gasteiger partial charge in [-0.25, -0.2) is 0 Å². The molecule has 1 unspecified atom stereocenters. The minimum absolute atomic E-state index is 0.153. The second-order valence-electron chi connectivity index (χ2n) is 6.32. The van der Waals surface area contributed by atoms with E-state index in [0.29, 0.717) is 25.1 Å². The lowest BCUT2D eigenvalue weighted by atomic mass is 10.0. The average Bonchev–Trinajstić information content (AvgIpc) is 3.06. The van der Waals surface area contributed by atoms with Crippen molar-refractivity contribution >= 4 is 28.6 Å². The van der Waals surface area contributed by atoms with Gasteiger partial charge in [0.2, 0.25) is 11.8 Å². The van der Waals surface area contributed by atoms with Crippen molar-refractivity contribution in [2.24, 2.45) is 12.8 Å². The van der Waals surface area contributed by atoms with Gasteiger partial charge in [0.25, 0.3) is 5.91 Å². The molecule has 1 fully saturated rings. The number of imide groups is 1. The van der Waals surface area contributed by atoms with Gasteiger partial charge in [-0.05, 0) is 30.2 Å². The Morgan fingerprint density at radius 2 is 2.08 bits per heavy atom. The van der Waals surface area contributed by atoms with Gasteiger partial charge in [-0.3, -0.25) is 19.7 Å². The Morgan fingerprint density at radius 3 is 2.79 bits per heavy atom. The molecule has 124 valence electrons. The van der Waals surface area contributed by atoms with E-state index in [1.807, 2.05) is 29.8 Å². The number of amides is 3. The van der Waals surface area contributed by atoms with Gasteiger partial charge in [0.15, 0.2) is 0 Å². The molecule has 0 saturated carbocycles. The van der Waals surface area contributed by atoms with Crippen LogP contribution in [0.3, 0.4) is 0 Å². The fourth-order valence-corrected chi connectivity index (χ4v) is 3.72. The number of rotatable bonds is 2. The van der Waals surface area contributed by atoms with Crippen molar-refractivity contribution in [1.29, 1.82) is 0 Å². The van der Waals surface area contributed by atoms with Gasteiger partial charge in [0, 0.05) is 48.7 Å². The third-order valence-corrected chi connectivity index (χ3v) is 5.05. The third-order valence-electron chi connectivity index (χ3n) is 5.05. The molecule has 24 heavy (non-hydrogen) atoms. The number of nitrogens with two attached hydrogens (primary N) is 1. The lowest BCUT2D eigenvalue weighted by molar-refractivity contribution is -0.136. The zero-order valence-corrected chi connectivity index (χ0v) is 13.3. The lowest BCUT2D eigenvalue weighted by Gasteiger charge is -2.29.